The van der Waals surface area contributed by atoms with E-state index < -0.39 is 5.76 Å². The van der Waals surface area contributed by atoms with Gasteiger partial charge in [0.25, 0.3) is 0 Å². The first-order valence-corrected chi connectivity index (χ1v) is 11.7. The molecule has 0 saturated carbocycles. The topological polar surface area (TPSA) is 77.8 Å². The number of fused-ring (bicyclic) bond motifs is 1. The lowest BCUT2D eigenvalue weighted by molar-refractivity contribution is 0.103. The summed E-state index contributed by atoms with van der Waals surface area (Å²) in [5.41, 5.74) is 3.55. The number of aromatic nitrogens is 2. The molecule has 0 spiro atoms. The molecule has 5 rings (SSSR count). The highest BCUT2D eigenvalue weighted by Crippen LogP contribution is 2.26. The predicted molar refractivity (Wildman–Crippen MR) is 129 cm³/mol. The molecule has 4 heterocycles. The van der Waals surface area contributed by atoms with E-state index in [1.807, 2.05) is 36.5 Å². The van der Waals surface area contributed by atoms with Gasteiger partial charge in [0.1, 0.15) is 6.10 Å². The Labute approximate surface area is 193 Å². The Morgan fingerprint density at radius 2 is 1.91 bits per heavy atom. The average molecular weight is 450 g/mol. The average Bonchev–Trinajstić information content (AvgIpc) is 3.23. The smallest absolute Gasteiger partial charge is 0.417 e. The number of H-pyrrole nitrogens is 1. The Kier molecular flexibility index (Phi) is 6.46. The molecular formula is C25H31N5O3. The van der Waals surface area contributed by atoms with Crippen molar-refractivity contribution in [3.05, 3.63) is 65.3 Å². The second kappa shape index (κ2) is 9.80. The summed E-state index contributed by atoms with van der Waals surface area (Å²) in [6.07, 6.45) is 6.20. The molecule has 0 bridgehead atoms. The summed E-state index contributed by atoms with van der Waals surface area (Å²) >= 11 is 0. The number of piperazine rings is 1. The normalized spacial score (nSPS) is 18.6. The first-order chi connectivity index (χ1) is 16.2. The molecule has 174 valence electrons. The van der Waals surface area contributed by atoms with Crippen LogP contribution in [0, 0.1) is 0 Å². The first kappa shape index (κ1) is 21.7. The second-order valence-electron chi connectivity index (χ2n) is 8.84. The molecule has 2 aliphatic heterocycles. The fourth-order valence-corrected chi connectivity index (χ4v) is 4.75. The molecule has 2 saturated heterocycles. The summed E-state index contributed by atoms with van der Waals surface area (Å²) in [5.74, 6) is 0.306. The Morgan fingerprint density at radius 3 is 2.64 bits per heavy atom. The quantitative estimate of drug-likeness (QED) is 0.556. The van der Waals surface area contributed by atoms with Crippen molar-refractivity contribution < 1.29 is 9.15 Å². The number of likely N-dealkylation sites (tertiary alicyclic amines) is 1. The van der Waals surface area contributed by atoms with Crippen LogP contribution in [0.3, 0.4) is 0 Å². The Hall–Kier alpha value is -3.10. The highest BCUT2D eigenvalue weighted by molar-refractivity contribution is 5.86. The molecule has 8 heteroatoms. The van der Waals surface area contributed by atoms with Crippen LogP contribution < -0.4 is 15.4 Å². The van der Waals surface area contributed by atoms with Gasteiger partial charge < -0.3 is 14.1 Å². The van der Waals surface area contributed by atoms with Crippen LogP contribution in [0.5, 0.6) is 5.88 Å². The fraction of sp³-hybridized carbons (Fsp3) is 0.440. The standard InChI is InChI=1S/C25H31N5O3/c1-2-10-28-11-8-20(9-12-28)32-23-7-6-19(17-26-23)18-29-13-15-30(16-14-29)22-5-3-4-21-24(22)33-25(31)27-21/h2-7,17,20H,1,8-16,18H2,(H,27,31). The van der Waals surface area contributed by atoms with Crippen LogP contribution in [0.25, 0.3) is 11.1 Å². The number of oxazole rings is 1. The van der Waals surface area contributed by atoms with Crippen LogP contribution in [0.15, 0.2) is 58.4 Å². The van der Waals surface area contributed by atoms with Crippen molar-refractivity contribution in [1.29, 1.82) is 0 Å². The van der Waals surface area contributed by atoms with Crippen molar-refractivity contribution >= 4 is 16.8 Å². The van der Waals surface area contributed by atoms with E-state index in [0.717, 1.165) is 76.4 Å². The zero-order valence-electron chi connectivity index (χ0n) is 18.9. The van der Waals surface area contributed by atoms with Gasteiger partial charge in [-0.05, 0) is 30.5 Å². The monoisotopic (exact) mass is 449 g/mol. The number of benzene rings is 1. The molecule has 2 aromatic heterocycles. The summed E-state index contributed by atoms with van der Waals surface area (Å²) in [6.45, 7) is 11.4. The van der Waals surface area contributed by atoms with E-state index in [2.05, 4.69) is 37.3 Å². The lowest BCUT2D eigenvalue weighted by Gasteiger charge is -2.36. The van der Waals surface area contributed by atoms with Crippen molar-refractivity contribution in [2.75, 3.05) is 50.7 Å². The molecule has 0 unspecified atom stereocenters. The summed E-state index contributed by atoms with van der Waals surface area (Å²) in [6, 6.07) is 9.95. The minimum absolute atomic E-state index is 0.242. The van der Waals surface area contributed by atoms with Crippen LogP contribution >= 0.6 is 0 Å². The van der Waals surface area contributed by atoms with Gasteiger partial charge in [-0.1, -0.05) is 18.2 Å². The van der Waals surface area contributed by atoms with Crippen molar-refractivity contribution in [2.45, 2.75) is 25.5 Å². The second-order valence-corrected chi connectivity index (χ2v) is 8.84. The molecular weight excluding hydrogens is 418 g/mol. The van der Waals surface area contributed by atoms with Gasteiger partial charge >= 0.3 is 5.76 Å². The van der Waals surface area contributed by atoms with Gasteiger partial charge in [0.2, 0.25) is 5.88 Å². The SMILES string of the molecule is C=CCN1CCC(Oc2ccc(CN3CCN(c4cccc5[nH]c(=O)oc45)CC3)cn2)CC1. The van der Waals surface area contributed by atoms with Crippen LogP contribution in [-0.2, 0) is 6.54 Å². The number of nitrogens with one attached hydrogen (secondary N) is 1. The molecule has 0 atom stereocenters. The number of nitrogens with zero attached hydrogens (tertiary/aromatic N) is 4. The van der Waals surface area contributed by atoms with E-state index in [4.69, 9.17) is 9.15 Å². The molecule has 33 heavy (non-hydrogen) atoms. The zero-order chi connectivity index (χ0) is 22.6. The maximum Gasteiger partial charge on any atom is 0.417 e. The number of pyridine rings is 1. The number of hydrogen-bond acceptors (Lipinski definition) is 7. The van der Waals surface area contributed by atoms with Gasteiger partial charge in [0, 0.05) is 64.6 Å². The number of hydrogen-bond donors (Lipinski definition) is 1. The van der Waals surface area contributed by atoms with Crippen LogP contribution in [0.1, 0.15) is 18.4 Å². The van der Waals surface area contributed by atoms with E-state index in [1.54, 1.807) is 0 Å². The van der Waals surface area contributed by atoms with Crippen LogP contribution in [0.4, 0.5) is 5.69 Å². The van der Waals surface area contributed by atoms with Crippen LogP contribution in [0.2, 0.25) is 0 Å². The highest BCUT2D eigenvalue weighted by Gasteiger charge is 2.22. The number of para-hydroxylation sites is 1. The van der Waals surface area contributed by atoms with Gasteiger partial charge in [0.15, 0.2) is 5.58 Å². The van der Waals surface area contributed by atoms with Gasteiger partial charge in [0.05, 0.1) is 11.2 Å². The summed E-state index contributed by atoms with van der Waals surface area (Å²) in [4.78, 5) is 26.0. The molecule has 0 aliphatic carbocycles. The van der Waals surface area contributed by atoms with Gasteiger partial charge in [-0.2, -0.15) is 0 Å². The molecule has 1 N–H and O–H groups in total. The molecule has 0 amide bonds. The Balaban J connectivity index is 1.11. The first-order valence-electron chi connectivity index (χ1n) is 11.7. The predicted octanol–water partition coefficient (Wildman–Crippen LogP) is 2.87. The Morgan fingerprint density at radius 1 is 1.09 bits per heavy atom. The van der Waals surface area contributed by atoms with Crippen molar-refractivity contribution in [3.63, 3.8) is 0 Å². The van der Waals surface area contributed by atoms with Crippen molar-refractivity contribution in [2.24, 2.45) is 0 Å². The van der Waals surface area contributed by atoms with Crippen molar-refractivity contribution in [3.8, 4) is 5.88 Å². The minimum atomic E-state index is -0.408. The number of anilines is 1. The highest BCUT2D eigenvalue weighted by atomic mass is 16.5. The molecule has 8 nitrogen and oxygen atoms in total. The van der Waals surface area contributed by atoms with E-state index >= 15 is 0 Å². The third-order valence-electron chi connectivity index (χ3n) is 6.55. The zero-order valence-corrected chi connectivity index (χ0v) is 18.9. The van der Waals surface area contributed by atoms with E-state index in [9.17, 15) is 4.79 Å². The molecule has 2 aliphatic rings. The van der Waals surface area contributed by atoms with Gasteiger partial charge in [-0.25, -0.2) is 9.78 Å². The van der Waals surface area contributed by atoms with Gasteiger partial charge in [-0.3, -0.25) is 14.8 Å². The number of aromatic amines is 1. The third kappa shape index (κ3) is 5.12. The van der Waals surface area contributed by atoms with Crippen molar-refractivity contribution in [1.82, 2.24) is 19.8 Å². The summed E-state index contributed by atoms with van der Waals surface area (Å²) in [5, 5.41) is 0. The summed E-state index contributed by atoms with van der Waals surface area (Å²) in [7, 11) is 0. The number of ether oxygens (including phenoxy) is 1. The van der Waals surface area contributed by atoms with E-state index in [0.29, 0.717) is 11.5 Å². The molecule has 2 fully saturated rings. The van der Waals surface area contributed by atoms with Crippen LogP contribution in [-0.4, -0.2) is 71.7 Å². The maximum atomic E-state index is 11.6. The minimum Gasteiger partial charge on any atom is -0.474 e. The molecule has 1 aromatic carbocycles. The summed E-state index contributed by atoms with van der Waals surface area (Å²) < 4.78 is 11.5. The lowest BCUT2D eigenvalue weighted by atomic mass is 10.1. The molecule has 0 radical (unpaired) electrons. The van der Waals surface area contributed by atoms with Gasteiger partial charge in [-0.15, -0.1) is 6.58 Å². The van der Waals surface area contributed by atoms with E-state index in [1.165, 1.54) is 5.56 Å². The molecule has 3 aromatic rings. The third-order valence-corrected chi connectivity index (χ3v) is 6.55. The fourth-order valence-electron chi connectivity index (χ4n) is 4.75. The Bertz CT molecular complexity index is 1120. The van der Waals surface area contributed by atoms with E-state index in [-0.39, 0.29) is 6.10 Å². The number of rotatable bonds is 7. The number of piperidine rings is 1. The maximum absolute atomic E-state index is 11.6. The lowest BCUT2D eigenvalue weighted by Crippen LogP contribution is -2.46. The largest absolute Gasteiger partial charge is 0.474 e.